The summed E-state index contributed by atoms with van der Waals surface area (Å²) in [4.78, 5) is 0.157. The van der Waals surface area contributed by atoms with E-state index in [1.807, 2.05) is 13.8 Å². The van der Waals surface area contributed by atoms with Crippen LogP contribution in [0.3, 0.4) is 0 Å². The molecule has 1 aromatic carbocycles. The Morgan fingerprint density at radius 2 is 1.89 bits per heavy atom. The maximum atomic E-state index is 12.2. The van der Waals surface area contributed by atoms with Gasteiger partial charge in [-0.25, -0.2) is 8.42 Å². The molecule has 1 aromatic heterocycles. The third kappa shape index (κ3) is 3.02. The van der Waals surface area contributed by atoms with Gasteiger partial charge in [-0.1, -0.05) is 18.3 Å². The first-order chi connectivity index (χ1) is 8.90. The molecule has 0 aliphatic rings. The van der Waals surface area contributed by atoms with Gasteiger partial charge in [-0.05, 0) is 24.3 Å². The molecule has 0 saturated heterocycles. The van der Waals surface area contributed by atoms with E-state index < -0.39 is 10.0 Å². The van der Waals surface area contributed by atoms with Gasteiger partial charge in [-0.15, -0.1) is 5.10 Å². The number of hydrogen-bond donors (Lipinski definition) is 2. The Labute approximate surface area is 115 Å². The molecule has 0 bridgehead atoms. The minimum absolute atomic E-state index is 0.0999. The number of nitrogens with two attached hydrogens (primary N) is 1. The number of nitrogen functional groups attached to an aromatic ring is 1. The lowest BCUT2D eigenvalue weighted by atomic mass is 10.1. The zero-order valence-electron chi connectivity index (χ0n) is 10.5. The van der Waals surface area contributed by atoms with Crippen molar-refractivity contribution in [2.24, 2.45) is 0 Å². The van der Waals surface area contributed by atoms with Crippen molar-refractivity contribution < 1.29 is 8.42 Å². The minimum Gasteiger partial charge on any atom is -0.399 e. The third-order valence-corrected chi connectivity index (χ3v) is 4.63. The fraction of sp³-hybridized carbons (Fsp3) is 0.273. The lowest BCUT2D eigenvalue weighted by molar-refractivity contribution is 0.601. The first kappa shape index (κ1) is 13.8. The van der Waals surface area contributed by atoms with Crippen LogP contribution < -0.4 is 10.5 Å². The first-order valence-electron chi connectivity index (χ1n) is 5.61. The van der Waals surface area contributed by atoms with Gasteiger partial charge >= 0.3 is 0 Å². The molecule has 2 rings (SSSR count). The van der Waals surface area contributed by atoms with Crippen LogP contribution in [0.2, 0.25) is 0 Å². The van der Waals surface area contributed by atoms with Gasteiger partial charge < -0.3 is 5.73 Å². The SMILES string of the molecule is CC(C)c1nnsc1NS(=O)(=O)c1ccc(N)cc1. The van der Waals surface area contributed by atoms with Crippen LogP contribution in [0.5, 0.6) is 0 Å². The van der Waals surface area contributed by atoms with E-state index in [2.05, 4.69) is 14.3 Å². The van der Waals surface area contributed by atoms with Crippen molar-refractivity contribution in [2.75, 3.05) is 10.5 Å². The molecular formula is C11H14N4O2S2. The molecular weight excluding hydrogens is 284 g/mol. The van der Waals surface area contributed by atoms with Crippen LogP contribution in [-0.2, 0) is 10.0 Å². The lowest BCUT2D eigenvalue weighted by Gasteiger charge is -2.08. The molecule has 0 aliphatic heterocycles. The van der Waals surface area contributed by atoms with E-state index in [0.29, 0.717) is 16.4 Å². The number of benzene rings is 1. The Bertz CT molecular complexity index is 662. The summed E-state index contributed by atoms with van der Waals surface area (Å²) in [6.07, 6.45) is 0. The summed E-state index contributed by atoms with van der Waals surface area (Å²) in [6, 6.07) is 6.01. The third-order valence-electron chi connectivity index (χ3n) is 2.48. The van der Waals surface area contributed by atoms with E-state index in [1.165, 1.54) is 12.1 Å². The smallest absolute Gasteiger partial charge is 0.262 e. The number of anilines is 2. The zero-order chi connectivity index (χ0) is 14.0. The molecule has 0 radical (unpaired) electrons. The Morgan fingerprint density at radius 1 is 1.26 bits per heavy atom. The lowest BCUT2D eigenvalue weighted by Crippen LogP contribution is -2.13. The van der Waals surface area contributed by atoms with Crippen LogP contribution in [0.15, 0.2) is 29.2 Å². The van der Waals surface area contributed by atoms with Crippen molar-refractivity contribution in [1.82, 2.24) is 9.59 Å². The van der Waals surface area contributed by atoms with Crippen molar-refractivity contribution in [3.05, 3.63) is 30.0 Å². The molecule has 0 fully saturated rings. The molecule has 8 heteroatoms. The first-order valence-corrected chi connectivity index (χ1v) is 7.86. The second-order valence-electron chi connectivity index (χ2n) is 4.32. The highest BCUT2D eigenvalue weighted by molar-refractivity contribution is 7.93. The highest BCUT2D eigenvalue weighted by atomic mass is 32.2. The van der Waals surface area contributed by atoms with Gasteiger partial charge in [0, 0.05) is 23.1 Å². The van der Waals surface area contributed by atoms with Crippen molar-refractivity contribution in [2.45, 2.75) is 24.7 Å². The molecule has 102 valence electrons. The van der Waals surface area contributed by atoms with Gasteiger partial charge in [0.15, 0.2) is 0 Å². The summed E-state index contributed by atoms with van der Waals surface area (Å²) in [5.41, 5.74) is 6.69. The van der Waals surface area contributed by atoms with E-state index in [-0.39, 0.29) is 10.8 Å². The Balaban J connectivity index is 2.31. The van der Waals surface area contributed by atoms with Crippen LogP contribution in [-0.4, -0.2) is 18.0 Å². The summed E-state index contributed by atoms with van der Waals surface area (Å²) in [5, 5.41) is 4.38. The number of aromatic nitrogens is 2. The molecule has 0 amide bonds. The van der Waals surface area contributed by atoms with Gasteiger partial charge in [0.1, 0.15) is 10.7 Å². The average molecular weight is 298 g/mol. The largest absolute Gasteiger partial charge is 0.399 e. The van der Waals surface area contributed by atoms with Crippen LogP contribution in [0.25, 0.3) is 0 Å². The molecule has 3 N–H and O–H groups in total. The van der Waals surface area contributed by atoms with Crippen LogP contribution in [0.4, 0.5) is 10.7 Å². The molecule has 0 atom stereocenters. The second kappa shape index (κ2) is 5.14. The molecule has 0 saturated carbocycles. The summed E-state index contributed by atoms with van der Waals surface area (Å²) in [5.74, 6) is 0.0999. The number of nitrogens with one attached hydrogen (secondary N) is 1. The number of hydrogen-bond acceptors (Lipinski definition) is 6. The Kier molecular flexibility index (Phi) is 3.72. The van der Waals surface area contributed by atoms with Gasteiger partial charge in [0.25, 0.3) is 10.0 Å². The topological polar surface area (TPSA) is 98.0 Å². The summed E-state index contributed by atoms with van der Waals surface area (Å²) in [6.45, 7) is 3.86. The molecule has 19 heavy (non-hydrogen) atoms. The molecule has 0 unspecified atom stereocenters. The van der Waals surface area contributed by atoms with Crippen molar-refractivity contribution in [1.29, 1.82) is 0 Å². The molecule has 1 heterocycles. The molecule has 6 nitrogen and oxygen atoms in total. The Hall–Kier alpha value is -1.67. The summed E-state index contributed by atoms with van der Waals surface area (Å²) >= 11 is 1.03. The maximum absolute atomic E-state index is 12.2. The minimum atomic E-state index is -3.63. The predicted octanol–water partition coefficient (Wildman–Crippen LogP) is 2.04. The van der Waals surface area contributed by atoms with Crippen molar-refractivity contribution in [3.63, 3.8) is 0 Å². The number of rotatable bonds is 4. The van der Waals surface area contributed by atoms with E-state index >= 15 is 0 Å². The second-order valence-corrected chi connectivity index (χ2v) is 6.75. The van der Waals surface area contributed by atoms with Crippen LogP contribution >= 0.6 is 11.5 Å². The van der Waals surface area contributed by atoms with Gasteiger partial charge in [0.2, 0.25) is 0 Å². The van der Waals surface area contributed by atoms with Gasteiger partial charge in [-0.3, -0.25) is 4.72 Å². The fourth-order valence-electron chi connectivity index (χ4n) is 1.47. The fourth-order valence-corrected chi connectivity index (χ4v) is 3.49. The predicted molar refractivity (Wildman–Crippen MR) is 75.7 cm³/mol. The van der Waals surface area contributed by atoms with Crippen molar-refractivity contribution >= 4 is 32.2 Å². The van der Waals surface area contributed by atoms with Crippen molar-refractivity contribution in [3.8, 4) is 0 Å². The molecule has 0 aliphatic carbocycles. The van der Waals surface area contributed by atoms with Gasteiger partial charge in [-0.2, -0.15) is 0 Å². The normalized spacial score (nSPS) is 11.7. The number of sulfonamides is 1. The standard InChI is InChI=1S/C11H14N4O2S2/c1-7(2)10-11(18-15-13-10)14-19(16,17)9-5-3-8(12)4-6-9/h3-7,14H,12H2,1-2H3. The zero-order valence-corrected chi connectivity index (χ0v) is 12.1. The highest BCUT2D eigenvalue weighted by Gasteiger charge is 2.19. The van der Waals surface area contributed by atoms with Gasteiger partial charge in [0.05, 0.1) is 4.90 Å². The van der Waals surface area contributed by atoms with E-state index in [0.717, 1.165) is 11.5 Å². The van der Waals surface area contributed by atoms with E-state index in [1.54, 1.807) is 12.1 Å². The molecule has 0 spiro atoms. The Morgan fingerprint density at radius 3 is 2.47 bits per heavy atom. The monoisotopic (exact) mass is 298 g/mol. The van der Waals surface area contributed by atoms with E-state index in [9.17, 15) is 8.42 Å². The van der Waals surface area contributed by atoms with E-state index in [4.69, 9.17) is 5.73 Å². The van der Waals surface area contributed by atoms with Crippen LogP contribution in [0, 0.1) is 0 Å². The summed E-state index contributed by atoms with van der Waals surface area (Å²) in [7, 11) is -3.63. The summed E-state index contributed by atoms with van der Waals surface area (Å²) < 4.78 is 30.7. The van der Waals surface area contributed by atoms with Crippen LogP contribution in [0.1, 0.15) is 25.5 Å². The number of nitrogens with zero attached hydrogens (tertiary/aromatic N) is 2. The quantitative estimate of drug-likeness (QED) is 0.842. The maximum Gasteiger partial charge on any atom is 0.262 e. The molecule has 2 aromatic rings. The average Bonchev–Trinajstić information content (AvgIpc) is 2.77. The highest BCUT2D eigenvalue weighted by Crippen LogP contribution is 2.27.